The van der Waals surface area contributed by atoms with Gasteiger partial charge in [-0.2, -0.15) is 0 Å². The van der Waals surface area contributed by atoms with Crippen LogP contribution in [0.25, 0.3) is 0 Å². The normalized spacial score (nSPS) is 23.1. The fourth-order valence-corrected chi connectivity index (χ4v) is 2.45. The van der Waals surface area contributed by atoms with Crippen molar-refractivity contribution in [2.45, 2.75) is 38.4 Å². The second-order valence-corrected chi connectivity index (χ2v) is 5.20. The molecule has 1 rings (SSSR count). The molecule has 0 bridgehead atoms. The molecule has 0 spiro atoms. The van der Waals surface area contributed by atoms with Crippen LogP contribution in [0.4, 0.5) is 0 Å². The van der Waals surface area contributed by atoms with Crippen LogP contribution in [0, 0.1) is 0 Å². The smallest absolute Gasteiger partial charge is 0.0707 e. The molecule has 2 unspecified atom stereocenters. The van der Waals surface area contributed by atoms with Crippen molar-refractivity contribution < 1.29 is 9.47 Å². The summed E-state index contributed by atoms with van der Waals surface area (Å²) in [6, 6.07) is 0. The minimum absolute atomic E-state index is 0.366. The van der Waals surface area contributed by atoms with Gasteiger partial charge in [0.1, 0.15) is 0 Å². The lowest BCUT2D eigenvalue weighted by molar-refractivity contribution is 0.0213. The maximum atomic E-state index is 6.09. The van der Waals surface area contributed by atoms with Crippen LogP contribution in [-0.2, 0) is 9.47 Å². The minimum atomic E-state index is 0.366. The Morgan fingerprint density at radius 3 is 2.89 bits per heavy atom. The lowest BCUT2D eigenvalue weighted by Gasteiger charge is -2.24. The Hall–Kier alpha value is -0.420. The Kier molecular flexibility index (Phi) is 9.08. The molecule has 0 aliphatic carbocycles. The van der Waals surface area contributed by atoms with Crippen molar-refractivity contribution in [3.63, 3.8) is 0 Å². The van der Waals surface area contributed by atoms with E-state index in [0.29, 0.717) is 12.2 Å². The van der Waals surface area contributed by atoms with Crippen LogP contribution in [0.15, 0.2) is 12.7 Å². The maximum absolute atomic E-state index is 6.09. The molecule has 0 amide bonds. The van der Waals surface area contributed by atoms with E-state index < -0.39 is 0 Å². The van der Waals surface area contributed by atoms with E-state index in [-0.39, 0.29) is 0 Å². The second kappa shape index (κ2) is 10.4. The molecule has 0 aromatic carbocycles. The van der Waals surface area contributed by atoms with E-state index in [1.165, 1.54) is 19.3 Å². The Morgan fingerprint density at radius 1 is 1.42 bits per heavy atom. The Labute approximate surface area is 118 Å². The first-order chi connectivity index (χ1) is 9.30. The predicted molar refractivity (Wildman–Crippen MR) is 79.6 cm³/mol. The van der Waals surface area contributed by atoms with E-state index in [2.05, 4.69) is 23.7 Å². The predicted octanol–water partition coefficient (Wildman–Crippen LogP) is 1.67. The van der Waals surface area contributed by atoms with Crippen molar-refractivity contribution in [2.24, 2.45) is 0 Å². The molecule has 0 aromatic heterocycles. The molecule has 1 N–H and O–H groups in total. The van der Waals surface area contributed by atoms with Gasteiger partial charge in [-0.3, -0.25) is 4.90 Å². The molecule has 19 heavy (non-hydrogen) atoms. The number of nitrogens with one attached hydrogen (secondary N) is 1. The summed E-state index contributed by atoms with van der Waals surface area (Å²) in [5.74, 6) is 0. The first-order valence-corrected chi connectivity index (χ1v) is 7.48. The van der Waals surface area contributed by atoms with Gasteiger partial charge in [0.25, 0.3) is 0 Å². The average Bonchev–Trinajstić information content (AvgIpc) is 2.84. The molecule has 1 aliphatic rings. The molecule has 4 nitrogen and oxygen atoms in total. The number of ether oxygens (including phenoxy) is 2. The molecule has 0 radical (unpaired) electrons. The largest absolute Gasteiger partial charge is 0.383 e. The third kappa shape index (κ3) is 7.06. The van der Waals surface area contributed by atoms with Crippen LogP contribution in [0.3, 0.4) is 0 Å². The third-order valence-electron chi connectivity index (χ3n) is 3.46. The number of hydrogen-bond donors (Lipinski definition) is 1. The quantitative estimate of drug-likeness (QED) is 0.457. The van der Waals surface area contributed by atoms with Crippen molar-refractivity contribution in [1.82, 2.24) is 10.2 Å². The van der Waals surface area contributed by atoms with E-state index in [0.717, 1.165) is 39.3 Å². The van der Waals surface area contributed by atoms with Gasteiger partial charge in [0.05, 0.1) is 18.8 Å². The number of methoxy groups -OCH3 is 1. The van der Waals surface area contributed by atoms with Crippen LogP contribution in [0.2, 0.25) is 0 Å². The summed E-state index contributed by atoms with van der Waals surface area (Å²) in [5, 5.41) is 3.44. The zero-order valence-corrected chi connectivity index (χ0v) is 12.6. The van der Waals surface area contributed by atoms with Crippen molar-refractivity contribution in [3.8, 4) is 0 Å². The summed E-state index contributed by atoms with van der Waals surface area (Å²) in [5.41, 5.74) is 0. The van der Waals surface area contributed by atoms with Crippen LogP contribution < -0.4 is 5.32 Å². The highest BCUT2D eigenvalue weighted by molar-refractivity contribution is 4.81. The van der Waals surface area contributed by atoms with Crippen LogP contribution >= 0.6 is 0 Å². The van der Waals surface area contributed by atoms with E-state index in [9.17, 15) is 0 Å². The fourth-order valence-electron chi connectivity index (χ4n) is 2.45. The first-order valence-electron chi connectivity index (χ1n) is 7.48. The highest BCUT2D eigenvalue weighted by Crippen LogP contribution is 2.20. The molecule has 4 heteroatoms. The average molecular weight is 270 g/mol. The summed E-state index contributed by atoms with van der Waals surface area (Å²) in [7, 11) is 1.74. The van der Waals surface area contributed by atoms with Crippen molar-refractivity contribution in [3.05, 3.63) is 12.7 Å². The van der Waals surface area contributed by atoms with Crippen LogP contribution in [-0.4, -0.2) is 63.5 Å². The van der Waals surface area contributed by atoms with Gasteiger partial charge in [-0.1, -0.05) is 13.0 Å². The molecule has 0 aromatic rings. The topological polar surface area (TPSA) is 33.7 Å². The number of nitrogens with zero attached hydrogens (tertiary/aromatic N) is 1. The fraction of sp³-hybridized carbons (Fsp3) is 0.867. The van der Waals surface area contributed by atoms with E-state index in [1.54, 1.807) is 7.11 Å². The lowest BCUT2D eigenvalue weighted by atomic mass is 10.2. The maximum Gasteiger partial charge on any atom is 0.0707 e. The molecule has 2 atom stereocenters. The van der Waals surface area contributed by atoms with Gasteiger partial charge in [-0.05, 0) is 25.8 Å². The monoisotopic (exact) mass is 270 g/mol. The second-order valence-electron chi connectivity index (χ2n) is 5.20. The van der Waals surface area contributed by atoms with E-state index >= 15 is 0 Å². The molecular weight excluding hydrogens is 240 g/mol. The van der Waals surface area contributed by atoms with Gasteiger partial charge < -0.3 is 14.8 Å². The molecule has 1 heterocycles. The van der Waals surface area contributed by atoms with Crippen molar-refractivity contribution in [2.75, 3.05) is 46.4 Å². The first kappa shape index (κ1) is 16.6. The summed E-state index contributed by atoms with van der Waals surface area (Å²) in [6.45, 7) is 11.7. The lowest BCUT2D eigenvalue weighted by Crippen LogP contribution is -2.36. The van der Waals surface area contributed by atoms with Gasteiger partial charge in [0.2, 0.25) is 0 Å². The van der Waals surface area contributed by atoms with E-state index in [1.807, 2.05) is 6.08 Å². The van der Waals surface area contributed by atoms with Crippen molar-refractivity contribution >= 4 is 0 Å². The zero-order chi connectivity index (χ0) is 13.9. The van der Waals surface area contributed by atoms with Gasteiger partial charge in [0.15, 0.2) is 0 Å². The van der Waals surface area contributed by atoms with Crippen LogP contribution in [0.1, 0.15) is 26.2 Å². The van der Waals surface area contributed by atoms with Crippen LogP contribution in [0.5, 0.6) is 0 Å². The third-order valence-corrected chi connectivity index (χ3v) is 3.46. The highest BCUT2D eigenvalue weighted by Gasteiger charge is 2.26. The number of hydrogen-bond acceptors (Lipinski definition) is 4. The Morgan fingerprint density at radius 2 is 2.21 bits per heavy atom. The van der Waals surface area contributed by atoms with Gasteiger partial charge in [-0.15, -0.1) is 6.58 Å². The Bertz CT molecular complexity index is 236. The standard InChI is InChI=1S/C15H30N2O2/c1-4-8-16-12-14-6-7-15(19-14)13-17(9-5-2)10-11-18-3/h5,14-16H,2,4,6-13H2,1,3H3. The summed E-state index contributed by atoms with van der Waals surface area (Å²) >= 11 is 0. The molecule has 112 valence electrons. The number of rotatable bonds is 11. The SMILES string of the molecule is C=CCN(CCOC)CC1CCC(CNCCC)O1. The van der Waals surface area contributed by atoms with Crippen molar-refractivity contribution in [1.29, 1.82) is 0 Å². The summed E-state index contributed by atoms with van der Waals surface area (Å²) < 4.78 is 11.2. The van der Waals surface area contributed by atoms with E-state index in [4.69, 9.17) is 9.47 Å². The molecule has 0 saturated carbocycles. The molecule has 1 fully saturated rings. The Balaban J connectivity index is 2.22. The zero-order valence-electron chi connectivity index (χ0n) is 12.6. The van der Waals surface area contributed by atoms with Gasteiger partial charge in [0, 0.05) is 33.3 Å². The van der Waals surface area contributed by atoms with Gasteiger partial charge >= 0.3 is 0 Å². The molecule has 1 aliphatic heterocycles. The minimum Gasteiger partial charge on any atom is -0.383 e. The molecule has 1 saturated heterocycles. The van der Waals surface area contributed by atoms with Gasteiger partial charge in [-0.25, -0.2) is 0 Å². The highest BCUT2D eigenvalue weighted by atomic mass is 16.5. The summed E-state index contributed by atoms with van der Waals surface area (Å²) in [6.07, 6.45) is 6.23. The summed E-state index contributed by atoms with van der Waals surface area (Å²) in [4.78, 5) is 2.35. The molecular formula is C15H30N2O2.